The molecule has 0 aliphatic rings. The molecule has 0 heterocycles. The summed E-state index contributed by atoms with van der Waals surface area (Å²) < 4.78 is 5.93. The van der Waals surface area contributed by atoms with Crippen LogP contribution in [-0.4, -0.2) is 18.3 Å². The van der Waals surface area contributed by atoms with Crippen molar-refractivity contribution in [3.05, 3.63) is 84.4 Å². The van der Waals surface area contributed by atoms with E-state index in [0.717, 1.165) is 16.7 Å². The van der Waals surface area contributed by atoms with Crippen molar-refractivity contribution in [3.63, 3.8) is 0 Å². The van der Waals surface area contributed by atoms with Crippen molar-refractivity contribution in [2.24, 2.45) is 0 Å². The van der Waals surface area contributed by atoms with Crippen molar-refractivity contribution in [1.29, 1.82) is 0 Å². The maximum absolute atomic E-state index is 12.5. The molecule has 28 heavy (non-hydrogen) atoms. The van der Waals surface area contributed by atoms with Crippen LogP contribution in [0.2, 0.25) is 0 Å². The number of carbonyl (C=O) groups is 1. The van der Waals surface area contributed by atoms with Crippen molar-refractivity contribution in [2.45, 2.75) is 30.9 Å². The Labute approximate surface area is 171 Å². The second kappa shape index (κ2) is 10.00. The van der Waals surface area contributed by atoms with Gasteiger partial charge in [0.05, 0.1) is 0 Å². The monoisotopic (exact) mass is 391 g/mol. The zero-order valence-corrected chi connectivity index (χ0v) is 17.0. The molecule has 1 N–H and O–H groups in total. The Balaban J connectivity index is 1.57. The predicted octanol–water partition coefficient (Wildman–Crippen LogP) is 5.55. The maximum atomic E-state index is 12.5. The van der Waals surface area contributed by atoms with Gasteiger partial charge in [-0.15, -0.1) is 11.8 Å². The molecule has 0 bridgehead atoms. The molecule has 3 rings (SSSR count). The van der Waals surface area contributed by atoms with Crippen LogP contribution in [0.1, 0.15) is 18.9 Å². The lowest BCUT2D eigenvalue weighted by Crippen LogP contribution is -2.37. The molecule has 0 saturated carbocycles. The lowest BCUT2D eigenvalue weighted by molar-refractivity contribution is -0.128. The Hall–Kier alpha value is -2.72. The summed E-state index contributed by atoms with van der Waals surface area (Å²) in [7, 11) is 0. The molecular weight excluding hydrogens is 366 g/mol. The van der Waals surface area contributed by atoms with Gasteiger partial charge in [0.1, 0.15) is 5.75 Å². The fourth-order valence-electron chi connectivity index (χ4n) is 2.89. The van der Waals surface area contributed by atoms with Gasteiger partial charge in [-0.25, -0.2) is 0 Å². The first-order valence-corrected chi connectivity index (χ1v) is 10.6. The zero-order chi connectivity index (χ0) is 19.8. The number of hydrogen-bond donors (Lipinski definition) is 1. The highest BCUT2D eigenvalue weighted by Gasteiger charge is 2.18. The number of hydrogen-bond acceptors (Lipinski definition) is 3. The van der Waals surface area contributed by atoms with Crippen LogP contribution >= 0.6 is 11.8 Å². The van der Waals surface area contributed by atoms with Crippen LogP contribution in [0.15, 0.2) is 83.8 Å². The first-order chi connectivity index (χ1) is 13.7. The number of rotatable bonds is 8. The quantitative estimate of drug-likeness (QED) is 0.512. The number of nitrogens with one attached hydrogen (secondary N) is 1. The summed E-state index contributed by atoms with van der Waals surface area (Å²) >= 11 is 1.70. The fraction of sp³-hybridized carbons (Fsp3) is 0.208. The SMILES string of the molecule is CCC(Oc1ccc(-c2ccccc2)cc1)C(=O)NCc1ccc(SC)cc1. The van der Waals surface area contributed by atoms with E-state index < -0.39 is 6.10 Å². The minimum absolute atomic E-state index is 0.0939. The maximum Gasteiger partial charge on any atom is 0.261 e. The van der Waals surface area contributed by atoms with E-state index in [0.29, 0.717) is 18.7 Å². The van der Waals surface area contributed by atoms with E-state index >= 15 is 0 Å². The van der Waals surface area contributed by atoms with Crippen LogP contribution in [-0.2, 0) is 11.3 Å². The summed E-state index contributed by atoms with van der Waals surface area (Å²) in [6, 6.07) is 26.3. The number of benzene rings is 3. The van der Waals surface area contributed by atoms with Gasteiger partial charge in [-0.05, 0) is 53.6 Å². The Morgan fingerprint density at radius 1 is 0.929 bits per heavy atom. The molecule has 0 fully saturated rings. The Morgan fingerprint density at radius 3 is 2.18 bits per heavy atom. The minimum Gasteiger partial charge on any atom is -0.481 e. The standard InChI is InChI=1S/C24H25NO2S/c1-3-23(24(26)25-17-18-9-15-22(28-2)16-10-18)27-21-13-11-20(12-14-21)19-7-5-4-6-8-19/h4-16,23H,3,17H2,1-2H3,(H,25,26). The third kappa shape index (κ3) is 5.40. The minimum atomic E-state index is -0.506. The highest BCUT2D eigenvalue weighted by atomic mass is 32.2. The van der Waals surface area contributed by atoms with Gasteiger partial charge in [0, 0.05) is 11.4 Å². The fourth-order valence-corrected chi connectivity index (χ4v) is 3.30. The molecule has 0 radical (unpaired) electrons. The summed E-state index contributed by atoms with van der Waals surface area (Å²) in [4.78, 5) is 13.7. The number of amides is 1. The second-order valence-electron chi connectivity index (χ2n) is 6.47. The summed E-state index contributed by atoms with van der Waals surface area (Å²) in [5, 5.41) is 2.97. The molecule has 144 valence electrons. The van der Waals surface area contributed by atoms with Crippen LogP contribution in [0.5, 0.6) is 5.75 Å². The molecule has 4 heteroatoms. The number of ether oxygens (including phenoxy) is 1. The van der Waals surface area contributed by atoms with Gasteiger partial charge in [-0.2, -0.15) is 0 Å². The van der Waals surface area contributed by atoms with Crippen molar-refractivity contribution in [3.8, 4) is 16.9 Å². The first-order valence-electron chi connectivity index (χ1n) is 9.42. The van der Waals surface area contributed by atoms with E-state index in [-0.39, 0.29) is 5.91 Å². The van der Waals surface area contributed by atoms with Crippen LogP contribution in [0.25, 0.3) is 11.1 Å². The topological polar surface area (TPSA) is 38.3 Å². The molecule has 3 aromatic rings. The third-order valence-electron chi connectivity index (χ3n) is 4.53. The molecule has 0 saturated heterocycles. The van der Waals surface area contributed by atoms with Gasteiger partial charge < -0.3 is 10.1 Å². The highest BCUT2D eigenvalue weighted by molar-refractivity contribution is 7.98. The Morgan fingerprint density at radius 2 is 1.57 bits per heavy atom. The van der Waals surface area contributed by atoms with Crippen LogP contribution in [0.3, 0.4) is 0 Å². The third-order valence-corrected chi connectivity index (χ3v) is 5.27. The van der Waals surface area contributed by atoms with Gasteiger partial charge in [-0.1, -0.05) is 61.5 Å². The Kier molecular flexibility index (Phi) is 7.15. The van der Waals surface area contributed by atoms with Crippen LogP contribution in [0, 0.1) is 0 Å². The summed E-state index contributed by atoms with van der Waals surface area (Å²) in [6.07, 6.45) is 2.15. The van der Waals surface area contributed by atoms with Gasteiger partial charge in [0.25, 0.3) is 5.91 Å². The van der Waals surface area contributed by atoms with Crippen LogP contribution in [0.4, 0.5) is 0 Å². The lowest BCUT2D eigenvalue weighted by Gasteiger charge is -2.17. The van der Waals surface area contributed by atoms with Crippen molar-refractivity contribution in [2.75, 3.05) is 6.26 Å². The molecule has 3 nitrogen and oxygen atoms in total. The number of carbonyl (C=O) groups excluding carboxylic acids is 1. The molecule has 0 aliphatic heterocycles. The van der Waals surface area contributed by atoms with E-state index in [1.807, 2.05) is 67.8 Å². The molecule has 3 aromatic carbocycles. The van der Waals surface area contributed by atoms with Gasteiger partial charge in [0.2, 0.25) is 0 Å². The molecule has 1 unspecified atom stereocenters. The zero-order valence-electron chi connectivity index (χ0n) is 16.2. The van der Waals surface area contributed by atoms with Crippen LogP contribution < -0.4 is 10.1 Å². The van der Waals surface area contributed by atoms with E-state index in [9.17, 15) is 4.79 Å². The van der Waals surface area contributed by atoms with Crippen molar-refractivity contribution >= 4 is 17.7 Å². The molecule has 0 aromatic heterocycles. The summed E-state index contributed by atoms with van der Waals surface area (Å²) in [6.45, 7) is 2.45. The summed E-state index contributed by atoms with van der Waals surface area (Å²) in [5.41, 5.74) is 3.36. The normalized spacial score (nSPS) is 11.6. The van der Waals surface area contributed by atoms with Gasteiger partial charge in [-0.3, -0.25) is 4.79 Å². The average molecular weight is 392 g/mol. The highest BCUT2D eigenvalue weighted by Crippen LogP contribution is 2.23. The second-order valence-corrected chi connectivity index (χ2v) is 7.35. The van der Waals surface area contributed by atoms with E-state index in [2.05, 4.69) is 29.6 Å². The Bertz CT molecular complexity index is 877. The van der Waals surface area contributed by atoms with Gasteiger partial charge >= 0.3 is 0 Å². The number of thioether (sulfide) groups is 1. The van der Waals surface area contributed by atoms with E-state index in [1.165, 1.54) is 4.90 Å². The lowest BCUT2D eigenvalue weighted by atomic mass is 10.1. The molecule has 1 atom stereocenters. The molecular formula is C24H25NO2S. The average Bonchev–Trinajstić information content (AvgIpc) is 2.77. The largest absolute Gasteiger partial charge is 0.481 e. The van der Waals surface area contributed by atoms with Gasteiger partial charge in [0.15, 0.2) is 6.10 Å². The van der Waals surface area contributed by atoms with Crippen molar-refractivity contribution < 1.29 is 9.53 Å². The first kappa shape index (κ1) is 20.0. The molecule has 0 aliphatic carbocycles. The van der Waals surface area contributed by atoms with E-state index in [4.69, 9.17) is 4.74 Å². The molecule has 0 spiro atoms. The van der Waals surface area contributed by atoms with E-state index in [1.54, 1.807) is 11.8 Å². The predicted molar refractivity (Wildman–Crippen MR) is 117 cm³/mol. The van der Waals surface area contributed by atoms with Crippen molar-refractivity contribution in [1.82, 2.24) is 5.32 Å². The summed E-state index contributed by atoms with van der Waals surface area (Å²) in [5.74, 6) is 0.606. The molecule has 1 amide bonds. The smallest absolute Gasteiger partial charge is 0.261 e.